The Bertz CT molecular complexity index is 566. The van der Waals surface area contributed by atoms with Crippen molar-refractivity contribution in [3.05, 3.63) is 34.8 Å². The highest BCUT2D eigenvalue weighted by molar-refractivity contribution is 8.01. The number of nitrogen functional groups attached to an aromatic ring is 1. The monoisotopic (exact) mass is 265 g/mol. The van der Waals surface area contributed by atoms with Crippen LogP contribution in [0.2, 0.25) is 0 Å². The molecule has 2 aromatic rings. The van der Waals surface area contributed by atoms with Gasteiger partial charge in [-0.25, -0.2) is 4.98 Å². The molecule has 1 heterocycles. The number of carbonyl (C=O) groups is 1. The number of benzene rings is 1. The number of nitrogens with two attached hydrogens (primary N) is 2. The van der Waals surface area contributed by atoms with E-state index in [1.165, 1.54) is 11.8 Å². The van der Waals surface area contributed by atoms with Crippen molar-refractivity contribution in [3.8, 4) is 0 Å². The second-order valence-electron chi connectivity index (χ2n) is 3.47. The number of primary amides is 1. The predicted octanol–water partition coefficient (Wildman–Crippen LogP) is 2.28. The molecule has 0 fully saturated rings. The quantitative estimate of drug-likeness (QED) is 0.834. The molecule has 0 unspecified atom stereocenters. The number of nitrogens with zero attached hydrogens (tertiary/aromatic N) is 1. The van der Waals surface area contributed by atoms with E-state index in [9.17, 15) is 4.79 Å². The van der Waals surface area contributed by atoms with Crippen molar-refractivity contribution in [2.24, 2.45) is 5.73 Å². The van der Waals surface area contributed by atoms with E-state index in [2.05, 4.69) is 4.98 Å². The van der Waals surface area contributed by atoms with Gasteiger partial charge in [0.1, 0.15) is 0 Å². The smallest absolute Gasteiger partial charge is 0.248 e. The minimum absolute atomic E-state index is 0.454. The fraction of sp³-hybridized carbons (Fsp3) is 0.0909. The lowest BCUT2D eigenvalue weighted by atomic mass is 10.2. The van der Waals surface area contributed by atoms with E-state index in [-0.39, 0.29) is 0 Å². The van der Waals surface area contributed by atoms with Crippen LogP contribution >= 0.6 is 23.1 Å². The molecule has 4 nitrogen and oxygen atoms in total. The van der Waals surface area contributed by atoms with Crippen LogP contribution in [-0.2, 0) is 0 Å². The van der Waals surface area contributed by atoms with Crippen LogP contribution in [0.3, 0.4) is 0 Å². The van der Waals surface area contributed by atoms with Crippen molar-refractivity contribution in [2.45, 2.75) is 16.2 Å². The molecule has 0 aliphatic rings. The number of hydrogen-bond donors (Lipinski definition) is 2. The van der Waals surface area contributed by atoms with Gasteiger partial charge in [-0.15, -0.1) is 11.3 Å². The molecule has 2 rings (SSSR count). The zero-order chi connectivity index (χ0) is 12.4. The van der Waals surface area contributed by atoms with Gasteiger partial charge in [-0.05, 0) is 25.1 Å². The summed E-state index contributed by atoms with van der Waals surface area (Å²) in [4.78, 5) is 16.2. The largest absolute Gasteiger partial charge is 0.398 e. The van der Waals surface area contributed by atoms with Gasteiger partial charge in [-0.2, -0.15) is 0 Å². The molecule has 0 bridgehead atoms. The normalized spacial score (nSPS) is 10.4. The van der Waals surface area contributed by atoms with Gasteiger partial charge in [0, 0.05) is 27.2 Å². The molecule has 0 aliphatic carbocycles. The summed E-state index contributed by atoms with van der Waals surface area (Å²) in [7, 11) is 0. The predicted molar refractivity (Wildman–Crippen MR) is 70.3 cm³/mol. The van der Waals surface area contributed by atoms with Crippen LogP contribution in [0.1, 0.15) is 16.1 Å². The molecule has 0 atom stereocenters. The van der Waals surface area contributed by atoms with Crippen molar-refractivity contribution in [3.63, 3.8) is 0 Å². The summed E-state index contributed by atoms with van der Waals surface area (Å²) in [6, 6.07) is 5.00. The van der Waals surface area contributed by atoms with Gasteiger partial charge in [0.25, 0.3) is 0 Å². The van der Waals surface area contributed by atoms with Crippen LogP contribution in [-0.4, -0.2) is 10.9 Å². The number of rotatable bonds is 3. The Morgan fingerprint density at radius 3 is 2.82 bits per heavy atom. The molecular formula is C11H11N3OS2. The second-order valence-corrected chi connectivity index (χ2v) is 5.62. The molecule has 0 saturated carbocycles. The zero-order valence-electron chi connectivity index (χ0n) is 9.14. The van der Waals surface area contributed by atoms with Crippen LogP contribution in [0.15, 0.2) is 32.8 Å². The number of carbonyl (C=O) groups excluding carboxylic acids is 1. The third kappa shape index (κ3) is 2.78. The van der Waals surface area contributed by atoms with Gasteiger partial charge in [-0.1, -0.05) is 11.8 Å². The van der Waals surface area contributed by atoms with Crippen LogP contribution < -0.4 is 11.5 Å². The first-order valence-electron chi connectivity index (χ1n) is 4.85. The summed E-state index contributed by atoms with van der Waals surface area (Å²) >= 11 is 2.99. The van der Waals surface area contributed by atoms with E-state index < -0.39 is 5.91 Å². The van der Waals surface area contributed by atoms with E-state index in [0.29, 0.717) is 11.3 Å². The summed E-state index contributed by atoms with van der Waals surface area (Å²) in [6.45, 7) is 1.93. The van der Waals surface area contributed by atoms with Gasteiger partial charge in [0.15, 0.2) is 4.34 Å². The third-order valence-corrected chi connectivity index (χ3v) is 4.22. The highest BCUT2D eigenvalue weighted by atomic mass is 32.2. The van der Waals surface area contributed by atoms with Gasteiger partial charge in [0.05, 0.1) is 0 Å². The lowest BCUT2D eigenvalue weighted by Crippen LogP contribution is -2.11. The molecule has 1 amide bonds. The molecule has 4 N–H and O–H groups in total. The summed E-state index contributed by atoms with van der Waals surface area (Å²) in [5, 5.41) is 1.97. The molecule has 0 spiro atoms. The van der Waals surface area contributed by atoms with Gasteiger partial charge >= 0.3 is 0 Å². The lowest BCUT2D eigenvalue weighted by Gasteiger charge is -2.04. The van der Waals surface area contributed by atoms with Gasteiger partial charge < -0.3 is 11.5 Å². The number of aromatic nitrogens is 1. The first-order valence-corrected chi connectivity index (χ1v) is 6.55. The first kappa shape index (κ1) is 11.9. The van der Waals surface area contributed by atoms with Crippen LogP contribution in [0.4, 0.5) is 5.69 Å². The topological polar surface area (TPSA) is 82.0 Å². The summed E-state index contributed by atoms with van der Waals surface area (Å²) < 4.78 is 0.899. The van der Waals surface area contributed by atoms with Gasteiger partial charge in [-0.3, -0.25) is 4.79 Å². The fourth-order valence-electron chi connectivity index (χ4n) is 1.25. The Hall–Kier alpha value is -1.53. The maximum Gasteiger partial charge on any atom is 0.248 e. The molecule has 88 valence electrons. The summed E-state index contributed by atoms with van der Waals surface area (Å²) in [5.74, 6) is -0.456. The molecule has 0 aliphatic heterocycles. The lowest BCUT2D eigenvalue weighted by molar-refractivity contribution is 0.1000. The zero-order valence-corrected chi connectivity index (χ0v) is 10.8. The maximum atomic E-state index is 11.1. The maximum absolute atomic E-state index is 11.1. The molecule has 1 aromatic heterocycles. The Kier molecular flexibility index (Phi) is 3.35. The van der Waals surface area contributed by atoms with E-state index in [4.69, 9.17) is 11.5 Å². The summed E-state index contributed by atoms with van der Waals surface area (Å²) in [6.07, 6.45) is 0. The minimum atomic E-state index is -0.456. The van der Waals surface area contributed by atoms with Crippen molar-refractivity contribution in [2.75, 3.05) is 5.73 Å². The Labute approximate surface area is 107 Å². The standard InChI is InChI=1S/C11H11N3OS2/c1-6-5-16-11(14-6)17-9-4-7(10(13)15)2-3-8(9)12/h2-5H,12H2,1H3,(H2,13,15). The molecule has 6 heteroatoms. The Balaban J connectivity index is 2.31. The van der Waals surface area contributed by atoms with Crippen molar-refractivity contribution >= 4 is 34.7 Å². The van der Waals surface area contributed by atoms with Crippen LogP contribution in [0, 0.1) is 6.92 Å². The molecule has 0 radical (unpaired) electrons. The number of amides is 1. The van der Waals surface area contributed by atoms with E-state index in [1.54, 1.807) is 29.5 Å². The van der Waals surface area contributed by atoms with E-state index in [0.717, 1.165) is 14.9 Å². The van der Waals surface area contributed by atoms with E-state index >= 15 is 0 Å². The number of hydrogen-bond acceptors (Lipinski definition) is 5. The first-order chi connectivity index (χ1) is 8.06. The molecule has 0 saturated heterocycles. The van der Waals surface area contributed by atoms with Crippen molar-refractivity contribution in [1.82, 2.24) is 4.98 Å². The summed E-state index contributed by atoms with van der Waals surface area (Å²) in [5.41, 5.74) is 13.1. The van der Waals surface area contributed by atoms with Crippen molar-refractivity contribution in [1.29, 1.82) is 0 Å². The number of thiazole rings is 1. The number of aryl methyl sites for hydroxylation is 1. The third-order valence-electron chi connectivity index (χ3n) is 2.09. The molecular weight excluding hydrogens is 254 g/mol. The van der Waals surface area contributed by atoms with Crippen LogP contribution in [0.5, 0.6) is 0 Å². The SMILES string of the molecule is Cc1csc(Sc2cc(C(N)=O)ccc2N)n1. The van der Waals surface area contributed by atoms with Crippen LogP contribution in [0.25, 0.3) is 0 Å². The highest BCUT2D eigenvalue weighted by Crippen LogP contribution is 2.34. The average molecular weight is 265 g/mol. The minimum Gasteiger partial charge on any atom is -0.398 e. The van der Waals surface area contributed by atoms with E-state index in [1.807, 2.05) is 12.3 Å². The Morgan fingerprint density at radius 1 is 1.47 bits per heavy atom. The second kappa shape index (κ2) is 4.77. The molecule has 1 aromatic carbocycles. The molecule has 17 heavy (non-hydrogen) atoms. The Morgan fingerprint density at radius 2 is 2.24 bits per heavy atom. The fourth-order valence-corrected chi connectivity index (χ4v) is 3.13. The van der Waals surface area contributed by atoms with Crippen molar-refractivity contribution < 1.29 is 4.79 Å². The number of anilines is 1. The van der Waals surface area contributed by atoms with Gasteiger partial charge in [0.2, 0.25) is 5.91 Å². The average Bonchev–Trinajstić information content (AvgIpc) is 2.67. The highest BCUT2D eigenvalue weighted by Gasteiger charge is 2.08.